The van der Waals surface area contributed by atoms with Gasteiger partial charge in [-0.15, -0.1) is 0 Å². The lowest BCUT2D eigenvalue weighted by Gasteiger charge is -2.24. The van der Waals surface area contributed by atoms with Gasteiger partial charge in [-0.1, -0.05) is 42.1 Å². The van der Waals surface area contributed by atoms with E-state index in [9.17, 15) is 9.90 Å². The lowest BCUT2D eigenvalue weighted by atomic mass is 9.80. The summed E-state index contributed by atoms with van der Waals surface area (Å²) >= 11 is 11.9. The Hall–Kier alpha value is -0.730. The van der Waals surface area contributed by atoms with Gasteiger partial charge in [-0.2, -0.15) is 0 Å². The Balaban J connectivity index is 2.26. The van der Waals surface area contributed by atoms with E-state index in [0.717, 1.165) is 31.2 Å². The lowest BCUT2D eigenvalue weighted by molar-refractivity contribution is -0.148. The van der Waals surface area contributed by atoms with Gasteiger partial charge in [-0.25, -0.2) is 0 Å². The number of carbonyl (C=O) groups is 1. The highest BCUT2D eigenvalue weighted by Gasteiger charge is 2.41. The molecule has 1 aromatic rings. The number of aliphatic carboxylic acids is 1. The second kappa shape index (κ2) is 4.87. The third-order valence-corrected chi connectivity index (χ3v) is 4.15. The zero-order valence-electron chi connectivity index (χ0n) is 9.38. The molecule has 2 nitrogen and oxygen atoms in total. The summed E-state index contributed by atoms with van der Waals surface area (Å²) in [4.78, 5) is 11.4. The molecule has 0 heterocycles. The molecule has 1 saturated carbocycles. The van der Waals surface area contributed by atoms with Crippen molar-refractivity contribution in [2.24, 2.45) is 5.41 Å². The lowest BCUT2D eigenvalue weighted by Crippen LogP contribution is -2.30. The predicted octanol–water partition coefficient (Wildman–Crippen LogP) is 4.18. The van der Waals surface area contributed by atoms with Gasteiger partial charge in [0.05, 0.1) is 5.41 Å². The quantitative estimate of drug-likeness (QED) is 0.896. The van der Waals surface area contributed by atoms with Crippen LogP contribution in [-0.2, 0) is 11.2 Å². The Labute approximate surface area is 111 Å². The highest BCUT2D eigenvalue weighted by Crippen LogP contribution is 2.42. The van der Waals surface area contributed by atoms with Crippen LogP contribution >= 0.6 is 23.2 Å². The molecular weight excluding hydrogens is 259 g/mol. The van der Waals surface area contributed by atoms with E-state index in [-0.39, 0.29) is 0 Å². The maximum atomic E-state index is 11.4. The maximum Gasteiger partial charge on any atom is 0.309 e. The van der Waals surface area contributed by atoms with Crippen LogP contribution in [0.2, 0.25) is 10.0 Å². The molecule has 1 N–H and O–H groups in total. The van der Waals surface area contributed by atoms with Crippen LogP contribution in [0.5, 0.6) is 0 Å². The zero-order valence-corrected chi connectivity index (χ0v) is 10.9. The molecular formula is C13H14Cl2O2. The molecule has 1 fully saturated rings. The van der Waals surface area contributed by atoms with Crippen LogP contribution in [0.1, 0.15) is 31.2 Å². The molecule has 0 unspecified atom stereocenters. The van der Waals surface area contributed by atoms with Crippen LogP contribution in [0.25, 0.3) is 0 Å². The third-order valence-electron chi connectivity index (χ3n) is 3.56. The third kappa shape index (κ3) is 2.58. The molecule has 17 heavy (non-hydrogen) atoms. The van der Waals surface area contributed by atoms with E-state index < -0.39 is 11.4 Å². The summed E-state index contributed by atoms with van der Waals surface area (Å²) in [5.74, 6) is -0.707. The molecule has 0 atom stereocenters. The fourth-order valence-electron chi connectivity index (χ4n) is 2.55. The first-order valence-electron chi connectivity index (χ1n) is 5.71. The van der Waals surface area contributed by atoms with Gasteiger partial charge in [0.2, 0.25) is 0 Å². The van der Waals surface area contributed by atoms with E-state index in [1.807, 2.05) is 6.07 Å². The van der Waals surface area contributed by atoms with E-state index >= 15 is 0 Å². The second-order valence-corrected chi connectivity index (χ2v) is 5.55. The first kappa shape index (κ1) is 12.7. The first-order valence-corrected chi connectivity index (χ1v) is 6.46. The summed E-state index contributed by atoms with van der Waals surface area (Å²) < 4.78 is 0. The molecule has 1 aliphatic carbocycles. The van der Waals surface area contributed by atoms with Crippen molar-refractivity contribution in [3.63, 3.8) is 0 Å². The minimum atomic E-state index is -0.707. The topological polar surface area (TPSA) is 37.3 Å². The monoisotopic (exact) mass is 272 g/mol. The minimum absolute atomic E-state index is 0.498. The van der Waals surface area contributed by atoms with Crippen molar-refractivity contribution in [1.82, 2.24) is 0 Å². The second-order valence-electron chi connectivity index (χ2n) is 4.71. The van der Waals surface area contributed by atoms with Crippen molar-refractivity contribution in [2.75, 3.05) is 0 Å². The SMILES string of the molecule is O=C(O)C1(Cc2ccc(Cl)cc2Cl)CCCC1. The Morgan fingerprint density at radius 3 is 2.47 bits per heavy atom. The molecule has 0 bridgehead atoms. The van der Waals surface area contributed by atoms with Crippen molar-refractivity contribution in [3.05, 3.63) is 33.8 Å². The van der Waals surface area contributed by atoms with Gasteiger partial charge in [0, 0.05) is 10.0 Å². The van der Waals surface area contributed by atoms with Gasteiger partial charge in [0.15, 0.2) is 0 Å². The van der Waals surface area contributed by atoms with Crippen molar-refractivity contribution < 1.29 is 9.90 Å². The standard InChI is InChI=1S/C13H14Cl2O2/c14-10-4-3-9(11(15)7-10)8-13(12(16)17)5-1-2-6-13/h3-4,7H,1-2,5-6,8H2,(H,16,17). The van der Waals surface area contributed by atoms with Crippen LogP contribution in [0.3, 0.4) is 0 Å². The van der Waals surface area contributed by atoms with Gasteiger partial charge in [-0.3, -0.25) is 4.79 Å². The summed E-state index contributed by atoms with van der Waals surface area (Å²) in [6.45, 7) is 0. The summed E-state index contributed by atoms with van der Waals surface area (Å²) in [6, 6.07) is 5.25. The summed E-state index contributed by atoms with van der Waals surface area (Å²) in [6.07, 6.45) is 3.94. The number of carboxylic acid groups (broad SMARTS) is 1. The molecule has 0 spiro atoms. The molecule has 2 rings (SSSR count). The molecule has 1 aromatic carbocycles. The number of halogens is 2. The fraction of sp³-hybridized carbons (Fsp3) is 0.462. The van der Waals surface area contributed by atoms with Gasteiger partial charge >= 0.3 is 5.97 Å². The van der Waals surface area contributed by atoms with Gasteiger partial charge in [0.1, 0.15) is 0 Å². The number of benzene rings is 1. The van der Waals surface area contributed by atoms with Gasteiger partial charge < -0.3 is 5.11 Å². The average Bonchev–Trinajstić information content (AvgIpc) is 2.72. The van der Waals surface area contributed by atoms with Crippen molar-refractivity contribution in [3.8, 4) is 0 Å². The molecule has 0 aromatic heterocycles. The van der Waals surface area contributed by atoms with Gasteiger partial charge in [-0.05, 0) is 37.0 Å². The average molecular weight is 273 g/mol. The minimum Gasteiger partial charge on any atom is -0.481 e. The van der Waals surface area contributed by atoms with Crippen LogP contribution in [0.15, 0.2) is 18.2 Å². The van der Waals surface area contributed by atoms with Crippen LogP contribution in [0, 0.1) is 5.41 Å². The smallest absolute Gasteiger partial charge is 0.309 e. The first-order chi connectivity index (χ1) is 8.03. The maximum absolute atomic E-state index is 11.4. The Morgan fingerprint density at radius 2 is 1.94 bits per heavy atom. The van der Waals surface area contributed by atoms with Crippen LogP contribution < -0.4 is 0 Å². The number of rotatable bonds is 3. The van der Waals surface area contributed by atoms with Crippen molar-refractivity contribution >= 4 is 29.2 Å². The largest absolute Gasteiger partial charge is 0.481 e. The molecule has 92 valence electrons. The van der Waals surface area contributed by atoms with Gasteiger partial charge in [0.25, 0.3) is 0 Å². The fourth-order valence-corrected chi connectivity index (χ4v) is 3.02. The number of hydrogen-bond donors (Lipinski definition) is 1. The number of hydrogen-bond acceptors (Lipinski definition) is 1. The highest BCUT2D eigenvalue weighted by molar-refractivity contribution is 6.35. The van der Waals surface area contributed by atoms with Crippen molar-refractivity contribution in [1.29, 1.82) is 0 Å². The van der Waals surface area contributed by atoms with E-state index in [1.54, 1.807) is 12.1 Å². The van der Waals surface area contributed by atoms with E-state index in [0.29, 0.717) is 16.5 Å². The summed E-state index contributed by atoms with van der Waals surface area (Å²) in [5, 5.41) is 10.5. The Morgan fingerprint density at radius 1 is 1.29 bits per heavy atom. The Kier molecular flexibility index (Phi) is 3.64. The summed E-state index contributed by atoms with van der Waals surface area (Å²) in [7, 11) is 0. The van der Waals surface area contributed by atoms with E-state index in [4.69, 9.17) is 23.2 Å². The van der Waals surface area contributed by atoms with Crippen molar-refractivity contribution in [2.45, 2.75) is 32.1 Å². The number of carboxylic acids is 1. The molecule has 1 aliphatic rings. The van der Waals surface area contributed by atoms with E-state index in [1.165, 1.54) is 0 Å². The normalized spacial score (nSPS) is 18.2. The molecule has 0 radical (unpaired) electrons. The van der Waals surface area contributed by atoms with Crippen LogP contribution in [0.4, 0.5) is 0 Å². The molecule has 4 heteroatoms. The van der Waals surface area contributed by atoms with E-state index in [2.05, 4.69) is 0 Å². The highest BCUT2D eigenvalue weighted by atomic mass is 35.5. The molecule has 0 saturated heterocycles. The molecule has 0 amide bonds. The summed E-state index contributed by atoms with van der Waals surface area (Å²) in [5.41, 5.74) is 0.248. The Bertz CT molecular complexity index is 437. The predicted molar refractivity (Wildman–Crippen MR) is 68.7 cm³/mol. The zero-order chi connectivity index (χ0) is 12.5. The van der Waals surface area contributed by atoms with Crippen LogP contribution in [-0.4, -0.2) is 11.1 Å². The molecule has 0 aliphatic heterocycles.